The van der Waals surface area contributed by atoms with Crippen molar-refractivity contribution in [3.05, 3.63) is 0 Å². The van der Waals surface area contributed by atoms with E-state index in [1.54, 1.807) is 0 Å². The summed E-state index contributed by atoms with van der Waals surface area (Å²) in [4.78, 5) is 0. The Hall–Kier alpha value is -0.550. The first-order valence-electron chi connectivity index (χ1n) is 2.72. The fourth-order valence-corrected chi connectivity index (χ4v) is 1.03. The first-order valence-corrected chi connectivity index (χ1v) is 4.16. The number of rotatable bonds is 2. The van der Waals surface area contributed by atoms with E-state index < -0.39 is 28.7 Å². The van der Waals surface area contributed by atoms with Crippen molar-refractivity contribution in [3.8, 4) is 0 Å². The van der Waals surface area contributed by atoms with Gasteiger partial charge < -0.3 is 0 Å². The van der Waals surface area contributed by atoms with Gasteiger partial charge in [0.2, 0.25) is 6.04 Å². The monoisotopic (exact) mass is 247 g/mol. The molecule has 86 valence electrons. The number of nitrogens with one attached hydrogen (secondary N) is 1. The average molecular weight is 247 g/mol. The molecule has 0 amide bonds. The van der Waals surface area contributed by atoms with Gasteiger partial charge in [0.15, 0.2) is 0 Å². The van der Waals surface area contributed by atoms with Crippen LogP contribution in [0.5, 0.6) is 0 Å². The molecule has 0 aliphatic carbocycles. The number of alkyl halides is 6. The summed E-state index contributed by atoms with van der Waals surface area (Å²) >= 11 is 0. The Kier molecular flexibility index (Phi) is 3.41. The van der Waals surface area contributed by atoms with Gasteiger partial charge in [-0.3, -0.25) is 4.55 Å². The molecule has 0 saturated heterocycles. The molecule has 0 bridgehead atoms. The Morgan fingerprint density at radius 2 is 1.29 bits per heavy atom. The maximum atomic E-state index is 11.6. The predicted molar refractivity (Wildman–Crippen MR) is 30.6 cm³/mol. The Bertz CT molecular complexity index is 276. The van der Waals surface area contributed by atoms with Crippen LogP contribution < -0.4 is 4.72 Å². The van der Waals surface area contributed by atoms with Crippen molar-refractivity contribution in [1.29, 1.82) is 0 Å². The molecule has 0 radical (unpaired) electrons. The third-order valence-electron chi connectivity index (χ3n) is 0.921. The average Bonchev–Trinajstić information content (AvgIpc) is 1.75. The molecule has 0 unspecified atom stereocenters. The number of halogens is 6. The molecular formula is C3H3F6NO3S. The zero-order chi connectivity index (χ0) is 11.8. The lowest BCUT2D eigenvalue weighted by atomic mass is 10.3. The highest BCUT2D eigenvalue weighted by atomic mass is 32.2. The van der Waals surface area contributed by atoms with Gasteiger partial charge >= 0.3 is 22.7 Å². The van der Waals surface area contributed by atoms with Crippen LogP contribution in [0.1, 0.15) is 0 Å². The van der Waals surface area contributed by atoms with Gasteiger partial charge in [-0.05, 0) is 0 Å². The summed E-state index contributed by atoms with van der Waals surface area (Å²) in [6.07, 6.45) is -11.7. The lowest BCUT2D eigenvalue weighted by molar-refractivity contribution is -0.253. The van der Waals surface area contributed by atoms with Crippen molar-refractivity contribution >= 4 is 10.3 Å². The van der Waals surface area contributed by atoms with Crippen molar-refractivity contribution < 1.29 is 39.3 Å². The first kappa shape index (κ1) is 13.4. The van der Waals surface area contributed by atoms with Crippen molar-refractivity contribution in [2.45, 2.75) is 18.4 Å². The highest BCUT2D eigenvalue weighted by Gasteiger charge is 2.58. The van der Waals surface area contributed by atoms with Gasteiger partial charge in [-0.2, -0.15) is 39.5 Å². The molecule has 0 heterocycles. The van der Waals surface area contributed by atoms with Gasteiger partial charge in [0.1, 0.15) is 0 Å². The summed E-state index contributed by atoms with van der Waals surface area (Å²) in [5.74, 6) is 0. The maximum Gasteiger partial charge on any atom is 0.413 e. The maximum absolute atomic E-state index is 11.6. The van der Waals surface area contributed by atoms with Crippen LogP contribution in [0.3, 0.4) is 0 Å². The van der Waals surface area contributed by atoms with Crippen molar-refractivity contribution in [2.24, 2.45) is 0 Å². The van der Waals surface area contributed by atoms with Gasteiger partial charge in [-0.15, -0.1) is 0 Å². The lowest BCUT2D eigenvalue weighted by Crippen LogP contribution is -2.54. The standard InChI is InChI=1S/C3H3F6NO3S/c4-2(5,6)1(3(7,8)9)10-14(11,12)13/h1,10H,(H,11,12,13). The van der Waals surface area contributed by atoms with Gasteiger partial charge in [0.05, 0.1) is 0 Å². The van der Waals surface area contributed by atoms with Crippen LogP contribution in [0, 0.1) is 0 Å². The van der Waals surface area contributed by atoms with Gasteiger partial charge in [-0.25, -0.2) is 0 Å². The van der Waals surface area contributed by atoms with Gasteiger partial charge in [-0.1, -0.05) is 0 Å². The van der Waals surface area contributed by atoms with E-state index in [2.05, 4.69) is 0 Å². The van der Waals surface area contributed by atoms with Crippen LogP contribution in [-0.2, 0) is 10.3 Å². The quantitative estimate of drug-likeness (QED) is 0.562. The smallest absolute Gasteiger partial charge is 0.273 e. The van der Waals surface area contributed by atoms with Crippen LogP contribution in [0.15, 0.2) is 0 Å². The van der Waals surface area contributed by atoms with Crippen LogP contribution in [0.4, 0.5) is 26.3 Å². The van der Waals surface area contributed by atoms with E-state index in [-0.39, 0.29) is 4.72 Å². The normalized spacial score (nSPS) is 14.9. The molecule has 0 aromatic carbocycles. The van der Waals surface area contributed by atoms with Gasteiger partial charge in [0, 0.05) is 0 Å². The highest BCUT2D eigenvalue weighted by Crippen LogP contribution is 2.33. The highest BCUT2D eigenvalue weighted by molar-refractivity contribution is 7.83. The van der Waals surface area contributed by atoms with Crippen LogP contribution in [-0.4, -0.2) is 31.4 Å². The molecule has 0 saturated carbocycles. The fraction of sp³-hybridized carbons (Fsp3) is 1.00. The summed E-state index contributed by atoms with van der Waals surface area (Å²) in [7, 11) is -5.58. The van der Waals surface area contributed by atoms with Crippen LogP contribution in [0.25, 0.3) is 0 Å². The van der Waals surface area contributed by atoms with Crippen LogP contribution >= 0.6 is 0 Å². The van der Waals surface area contributed by atoms with E-state index in [0.717, 1.165) is 0 Å². The molecule has 4 nitrogen and oxygen atoms in total. The molecule has 0 fully saturated rings. The number of hydrogen-bond acceptors (Lipinski definition) is 2. The lowest BCUT2D eigenvalue weighted by Gasteiger charge is -2.22. The summed E-state index contributed by atoms with van der Waals surface area (Å²) in [5, 5.41) is 0. The predicted octanol–water partition coefficient (Wildman–Crippen LogP) is 0.872. The van der Waals surface area contributed by atoms with Gasteiger partial charge in [0.25, 0.3) is 0 Å². The minimum absolute atomic E-state index is 0.0139. The minimum Gasteiger partial charge on any atom is -0.273 e. The third-order valence-corrected chi connectivity index (χ3v) is 1.45. The third kappa shape index (κ3) is 4.62. The van der Waals surface area contributed by atoms with Crippen molar-refractivity contribution in [3.63, 3.8) is 0 Å². The van der Waals surface area contributed by atoms with Crippen molar-refractivity contribution in [1.82, 2.24) is 4.72 Å². The molecule has 11 heteroatoms. The topological polar surface area (TPSA) is 66.4 Å². The van der Waals surface area contributed by atoms with E-state index in [1.165, 1.54) is 0 Å². The van der Waals surface area contributed by atoms with E-state index in [1.807, 2.05) is 0 Å². The van der Waals surface area contributed by atoms with Crippen molar-refractivity contribution in [2.75, 3.05) is 0 Å². The summed E-state index contributed by atoms with van der Waals surface area (Å²) < 4.78 is 96.9. The Labute approximate surface area is 73.8 Å². The second-order valence-electron chi connectivity index (χ2n) is 2.11. The summed E-state index contributed by atoms with van der Waals surface area (Å²) in [6, 6.07) is -4.31. The second-order valence-corrected chi connectivity index (χ2v) is 3.29. The summed E-state index contributed by atoms with van der Waals surface area (Å²) in [5.41, 5.74) is 0. The largest absolute Gasteiger partial charge is 0.413 e. The molecule has 0 spiro atoms. The Morgan fingerprint density at radius 1 is 1.00 bits per heavy atom. The van der Waals surface area contributed by atoms with Crippen LogP contribution in [0.2, 0.25) is 0 Å². The molecule has 2 N–H and O–H groups in total. The van der Waals surface area contributed by atoms with E-state index in [0.29, 0.717) is 0 Å². The number of hydrogen-bond donors (Lipinski definition) is 2. The van der Waals surface area contributed by atoms with E-state index >= 15 is 0 Å². The molecular weight excluding hydrogens is 244 g/mol. The molecule has 14 heavy (non-hydrogen) atoms. The zero-order valence-electron chi connectivity index (χ0n) is 6.02. The fourth-order valence-electron chi connectivity index (χ4n) is 0.468. The second kappa shape index (κ2) is 3.55. The SMILES string of the molecule is O=S(=O)(O)NC(C(F)(F)F)C(F)(F)F. The minimum atomic E-state index is -5.87. The molecule has 0 atom stereocenters. The zero-order valence-corrected chi connectivity index (χ0v) is 6.83. The molecule has 0 aliphatic rings. The Morgan fingerprint density at radius 3 is 1.36 bits per heavy atom. The molecule has 0 rings (SSSR count). The van der Waals surface area contributed by atoms with E-state index in [4.69, 9.17) is 4.55 Å². The first-order chi connectivity index (χ1) is 5.84. The molecule has 0 aromatic rings. The molecule has 0 aromatic heterocycles. The summed E-state index contributed by atoms with van der Waals surface area (Å²) in [6.45, 7) is 0. The van der Waals surface area contributed by atoms with E-state index in [9.17, 15) is 34.8 Å². The Balaban J connectivity index is 4.97. The molecule has 0 aliphatic heterocycles.